The van der Waals surface area contributed by atoms with Crippen LogP contribution in [-0.2, 0) is 20.9 Å². The second-order valence-corrected chi connectivity index (χ2v) is 30.5. The standard InChI is InChI=1S/2C30H61.C29H38N2.Ni/c2*1-3-5-7-9-11-13-15-17-19-21-23-25-27-29-30-28-26-24-22-20-18-16-14-12-10-8-6-4-2;1-4-6-8-9-10-11-13-25-14-12-16-28(23-25)29(27-19-17-24(3)18-20-27)26(15-7-5-2)21-22-31-30;/h2*1,3-30H2,2H3;12,14,16-21,23H,4-11,13,15H2,1-3H3;. The SMILES string of the molecule is CCCCCCCCCCCCCCCCCCCCCCCCCCCCC[CH2][Ni][CH2]CCCCCCCCCCCCCCCCCCCCCCCCCCCCC.CCCCCCCCc1cccc(C(=C(C=C=[N+]=[N-])CCCC)c2ccc(C)cc2)c1. The molecule has 0 saturated heterocycles. The third-order valence-corrected chi connectivity index (χ3v) is 21.3. The zero-order chi connectivity index (χ0) is 66.0. The number of hydrogen-bond donors (Lipinski definition) is 0. The van der Waals surface area contributed by atoms with Gasteiger partial charge in [0.15, 0.2) is 0 Å². The Morgan fingerprint density at radius 1 is 0.326 bits per heavy atom. The summed E-state index contributed by atoms with van der Waals surface area (Å²) in [7, 11) is 0. The Morgan fingerprint density at radius 3 is 0.880 bits per heavy atom. The number of nitrogens with zero attached hydrogens (tertiary/aromatic N) is 2. The van der Waals surface area contributed by atoms with E-state index in [2.05, 4.69) is 108 Å². The van der Waals surface area contributed by atoms with E-state index in [1.165, 1.54) is 442 Å². The van der Waals surface area contributed by atoms with Crippen LogP contribution in [0.1, 0.15) is 467 Å². The molecule has 2 rings (SSSR count). The smallest absolute Gasteiger partial charge is 0.348 e. The van der Waals surface area contributed by atoms with Crippen molar-refractivity contribution in [1.29, 1.82) is 0 Å². The molecule has 0 saturated carbocycles. The molecule has 0 atom stereocenters. The van der Waals surface area contributed by atoms with E-state index in [1.54, 1.807) is 0 Å². The summed E-state index contributed by atoms with van der Waals surface area (Å²) in [6.07, 6.45) is 97.2. The minimum absolute atomic E-state index is 0.934. The zero-order valence-corrected chi connectivity index (χ0v) is 64.0. The molecular weight excluding hydrogens is 1160 g/mol. The third-order valence-electron chi connectivity index (χ3n) is 19.9. The normalized spacial score (nSPS) is 11.7. The molecule has 2 aromatic carbocycles. The Morgan fingerprint density at radius 2 is 0.598 bits per heavy atom. The Bertz CT molecular complexity index is 1820. The molecule has 0 N–H and O–H groups in total. The van der Waals surface area contributed by atoms with Gasteiger partial charge in [-0.2, -0.15) is 0 Å². The van der Waals surface area contributed by atoms with Gasteiger partial charge in [-0.05, 0) is 60.4 Å². The van der Waals surface area contributed by atoms with Gasteiger partial charge in [-0.15, -0.1) is 4.79 Å². The molecule has 0 spiro atoms. The molecular formula is C89H160N2Ni. The Hall–Kier alpha value is -2.17. The molecule has 0 aliphatic rings. The Balaban J connectivity index is 0.00000113. The van der Waals surface area contributed by atoms with Crippen LogP contribution >= 0.6 is 0 Å². The van der Waals surface area contributed by atoms with E-state index < -0.39 is 0 Å². The van der Waals surface area contributed by atoms with E-state index in [0.29, 0.717) is 0 Å². The molecule has 2 nitrogen and oxygen atoms in total. The molecule has 0 fully saturated rings. The van der Waals surface area contributed by atoms with Crippen LogP contribution in [0.5, 0.6) is 0 Å². The van der Waals surface area contributed by atoms with E-state index in [0.717, 1.165) is 25.7 Å². The summed E-state index contributed by atoms with van der Waals surface area (Å²) in [5.41, 5.74) is 16.4. The first-order valence-electron chi connectivity index (χ1n) is 41.9. The second-order valence-electron chi connectivity index (χ2n) is 29.0. The topological polar surface area (TPSA) is 36.4 Å². The molecule has 0 bridgehead atoms. The number of aryl methyl sites for hydroxylation is 2. The van der Waals surface area contributed by atoms with Crippen molar-refractivity contribution in [2.75, 3.05) is 0 Å². The molecule has 0 aliphatic carbocycles. The molecule has 0 radical (unpaired) electrons. The van der Waals surface area contributed by atoms with E-state index in [4.69, 9.17) is 5.53 Å². The summed E-state index contributed by atoms with van der Waals surface area (Å²) in [5.74, 6) is 2.66. The van der Waals surface area contributed by atoms with Crippen LogP contribution in [0.2, 0.25) is 10.8 Å². The van der Waals surface area contributed by atoms with Gasteiger partial charge in [0.2, 0.25) is 0 Å². The van der Waals surface area contributed by atoms with Crippen molar-refractivity contribution in [1.82, 2.24) is 0 Å². The fourth-order valence-corrected chi connectivity index (χ4v) is 15.0. The van der Waals surface area contributed by atoms with Gasteiger partial charge in [0.1, 0.15) is 0 Å². The number of allylic oxidation sites excluding steroid dienone is 2. The average molecular weight is 1320 g/mol. The van der Waals surface area contributed by atoms with Crippen LogP contribution in [0.3, 0.4) is 0 Å². The molecule has 3 heteroatoms. The van der Waals surface area contributed by atoms with E-state index in [1.807, 2.05) is 6.08 Å². The van der Waals surface area contributed by atoms with E-state index >= 15 is 0 Å². The van der Waals surface area contributed by atoms with Crippen LogP contribution in [-0.4, -0.2) is 10.7 Å². The monoisotopic (exact) mass is 1320 g/mol. The molecule has 0 aliphatic heterocycles. The van der Waals surface area contributed by atoms with Gasteiger partial charge in [-0.1, -0.05) is 339 Å². The van der Waals surface area contributed by atoms with Gasteiger partial charge in [0, 0.05) is 0 Å². The quantitative estimate of drug-likeness (QED) is 0.0158. The Labute approximate surface area is 584 Å². The summed E-state index contributed by atoms with van der Waals surface area (Å²) in [4.78, 5) is 3.12. The van der Waals surface area contributed by atoms with Crippen molar-refractivity contribution in [3.05, 3.63) is 88.0 Å². The molecule has 0 unspecified atom stereocenters. The third kappa shape index (κ3) is 61.4. The molecule has 536 valence electrons. The molecule has 92 heavy (non-hydrogen) atoms. The molecule has 0 aromatic heterocycles. The van der Waals surface area contributed by atoms with Crippen molar-refractivity contribution in [3.63, 3.8) is 0 Å². The minimum atomic E-state index is 0.934. The van der Waals surface area contributed by atoms with Crippen LogP contribution < -0.4 is 0 Å². The van der Waals surface area contributed by atoms with Crippen LogP contribution in [0.25, 0.3) is 11.1 Å². The van der Waals surface area contributed by atoms with Gasteiger partial charge >= 0.3 is 166 Å². The number of benzene rings is 2. The molecule has 0 amide bonds. The zero-order valence-electron chi connectivity index (χ0n) is 63.0. The van der Waals surface area contributed by atoms with E-state index in [-0.39, 0.29) is 0 Å². The molecule has 2 aromatic rings. The van der Waals surface area contributed by atoms with Crippen LogP contribution in [0, 0.1) is 6.92 Å². The first-order chi connectivity index (χ1) is 45.6. The maximum absolute atomic E-state index is 8.98. The number of hydrogen-bond acceptors (Lipinski definition) is 0. The van der Waals surface area contributed by atoms with Crippen molar-refractivity contribution in [2.24, 2.45) is 0 Å². The predicted molar refractivity (Wildman–Crippen MR) is 413 cm³/mol. The van der Waals surface area contributed by atoms with Crippen molar-refractivity contribution < 1.29 is 19.2 Å². The first-order valence-corrected chi connectivity index (χ1v) is 43.3. The number of rotatable bonds is 71. The van der Waals surface area contributed by atoms with Gasteiger partial charge in [0.05, 0.1) is 6.08 Å². The van der Waals surface area contributed by atoms with Gasteiger partial charge in [0.25, 0.3) is 5.87 Å². The summed E-state index contributed by atoms with van der Waals surface area (Å²) >= 11 is 2.06. The van der Waals surface area contributed by atoms with Gasteiger partial charge in [-0.3, -0.25) is 0 Å². The number of unbranched alkanes of at least 4 members (excludes halogenated alkanes) is 60. The summed E-state index contributed by atoms with van der Waals surface area (Å²) in [6, 6.07) is 17.7. The minimum Gasteiger partial charge on any atom is -0.348 e. The van der Waals surface area contributed by atoms with Crippen molar-refractivity contribution in [2.45, 2.75) is 469 Å². The van der Waals surface area contributed by atoms with Crippen molar-refractivity contribution in [3.8, 4) is 0 Å². The first kappa shape index (κ1) is 87.8. The van der Waals surface area contributed by atoms with Gasteiger partial charge < -0.3 is 5.53 Å². The maximum atomic E-state index is 8.98. The Kier molecular flexibility index (Phi) is 71.3. The predicted octanol–water partition coefficient (Wildman–Crippen LogP) is 32.1. The summed E-state index contributed by atoms with van der Waals surface area (Å²) in [5, 5.41) is 2.87. The van der Waals surface area contributed by atoms with Crippen molar-refractivity contribution >= 4 is 11.4 Å². The fraction of sp³-hybridized carbons (Fsp3) is 0.820. The fourth-order valence-electron chi connectivity index (χ4n) is 13.7. The molecule has 0 heterocycles. The van der Waals surface area contributed by atoms with Crippen LogP contribution in [0.4, 0.5) is 0 Å². The van der Waals surface area contributed by atoms with Gasteiger partial charge in [-0.25, -0.2) is 0 Å². The van der Waals surface area contributed by atoms with Crippen LogP contribution in [0.15, 0.2) is 60.2 Å². The second kappa shape index (κ2) is 74.6. The summed E-state index contributed by atoms with van der Waals surface area (Å²) in [6.45, 7) is 11.2. The average Bonchev–Trinajstić information content (AvgIpc) is 1.02. The summed E-state index contributed by atoms with van der Waals surface area (Å²) < 4.78 is 0. The van der Waals surface area contributed by atoms with E-state index in [9.17, 15) is 0 Å².